The van der Waals surface area contributed by atoms with Crippen molar-refractivity contribution in [3.63, 3.8) is 0 Å². The van der Waals surface area contributed by atoms with Crippen molar-refractivity contribution in [1.29, 1.82) is 5.26 Å². The first-order chi connectivity index (χ1) is 15.4. The normalized spacial score (nSPS) is 10.9. The summed E-state index contributed by atoms with van der Waals surface area (Å²) in [5.74, 6) is -0.0798. The first-order valence-electron chi connectivity index (χ1n) is 9.33. The molecule has 0 aliphatic rings. The highest BCUT2D eigenvalue weighted by molar-refractivity contribution is 6.36. The van der Waals surface area contributed by atoms with Gasteiger partial charge in [0.25, 0.3) is 5.91 Å². The molecule has 0 bridgehead atoms. The van der Waals surface area contributed by atoms with E-state index in [-0.39, 0.29) is 18.0 Å². The zero-order valence-corrected chi connectivity index (χ0v) is 18.4. The van der Waals surface area contributed by atoms with Crippen LogP contribution in [0, 0.1) is 17.1 Å². The van der Waals surface area contributed by atoms with Gasteiger partial charge in [-0.15, -0.1) is 0 Å². The number of amides is 1. The molecule has 0 heterocycles. The van der Waals surface area contributed by atoms with Gasteiger partial charge < -0.3 is 14.8 Å². The third-order valence-corrected chi connectivity index (χ3v) is 4.91. The second-order valence-electron chi connectivity index (χ2n) is 6.57. The van der Waals surface area contributed by atoms with Crippen molar-refractivity contribution in [2.24, 2.45) is 0 Å². The highest BCUT2D eigenvalue weighted by atomic mass is 35.5. The summed E-state index contributed by atoms with van der Waals surface area (Å²) in [6, 6.07) is 17.5. The maximum atomic E-state index is 13.0. The molecule has 162 valence electrons. The number of carbonyl (C=O) groups is 1. The van der Waals surface area contributed by atoms with Gasteiger partial charge in [-0.2, -0.15) is 5.26 Å². The van der Waals surface area contributed by atoms with E-state index in [1.54, 1.807) is 42.5 Å². The van der Waals surface area contributed by atoms with Crippen molar-refractivity contribution in [1.82, 2.24) is 0 Å². The van der Waals surface area contributed by atoms with Gasteiger partial charge in [-0.25, -0.2) is 4.39 Å². The Bertz CT molecular complexity index is 1200. The molecule has 5 nitrogen and oxygen atoms in total. The molecule has 1 N–H and O–H groups in total. The van der Waals surface area contributed by atoms with Gasteiger partial charge >= 0.3 is 0 Å². The van der Waals surface area contributed by atoms with Crippen LogP contribution in [0.15, 0.2) is 66.2 Å². The van der Waals surface area contributed by atoms with Crippen molar-refractivity contribution in [2.75, 3.05) is 12.4 Å². The molecule has 3 aromatic rings. The smallest absolute Gasteiger partial charge is 0.266 e. The number of nitriles is 1. The van der Waals surface area contributed by atoms with Crippen LogP contribution in [-0.2, 0) is 11.4 Å². The lowest BCUT2D eigenvalue weighted by molar-refractivity contribution is -0.112. The number of carbonyl (C=O) groups excluding carboxylic acids is 1. The molecule has 0 aliphatic heterocycles. The van der Waals surface area contributed by atoms with E-state index >= 15 is 0 Å². The van der Waals surface area contributed by atoms with E-state index in [0.29, 0.717) is 32.8 Å². The lowest BCUT2D eigenvalue weighted by atomic mass is 10.1. The summed E-state index contributed by atoms with van der Waals surface area (Å²) in [5, 5.41) is 12.7. The number of rotatable bonds is 7. The Hall–Kier alpha value is -3.53. The number of ether oxygens (including phenoxy) is 2. The van der Waals surface area contributed by atoms with E-state index in [4.69, 9.17) is 32.7 Å². The molecule has 0 saturated carbocycles. The van der Waals surface area contributed by atoms with Crippen LogP contribution in [0.3, 0.4) is 0 Å². The fraction of sp³-hybridized carbons (Fsp3) is 0.0833. The third-order valence-electron chi connectivity index (χ3n) is 4.35. The topological polar surface area (TPSA) is 71.3 Å². The van der Waals surface area contributed by atoms with E-state index in [9.17, 15) is 14.4 Å². The third kappa shape index (κ3) is 6.01. The van der Waals surface area contributed by atoms with Gasteiger partial charge in [-0.1, -0.05) is 41.4 Å². The Labute approximate surface area is 194 Å². The molecule has 0 unspecified atom stereocenters. The number of methoxy groups -OCH3 is 1. The first-order valence-corrected chi connectivity index (χ1v) is 10.1. The Morgan fingerprint density at radius 3 is 2.53 bits per heavy atom. The minimum absolute atomic E-state index is 0.136. The number of nitrogens with zero attached hydrogens (tertiary/aromatic N) is 1. The number of benzene rings is 3. The van der Waals surface area contributed by atoms with Gasteiger partial charge in [0.05, 0.1) is 17.8 Å². The van der Waals surface area contributed by atoms with Gasteiger partial charge in [0.15, 0.2) is 11.5 Å². The van der Waals surface area contributed by atoms with E-state index in [1.165, 1.54) is 31.4 Å². The van der Waals surface area contributed by atoms with E-state index in [2.05, 4.69) is 5.32 Å². The highest BCUT2D eigenvalue weighted by Crippen LogP contribution is 2.30. The monoisotopic (exact) mass is 470 g/mol. The SMILES string of the molecule is COc1cc(/C=C(\C#N)C(=O)Nc2cc(Cl)ccc2Cl)ccc1OCc1ccc(F)cc1. The molecule has 8 heteroatoms. The predicted molar refractivity (Wildman–Crippen MR) is 122 cm³/mol. The Morgan fingerprint density at radius 1 is 1.09 bits per heavy atom. The summed E-state index contributed by atoms with van der Waals surface area (Å²) in [5.41, 5.74) is 1.51. The molecule has 3 aromatic carbocycles. The average Bonchev–Trinajstić information content (AvgIpc) is 2.79. The minimum atomic E-state index is -0.632. The summed E-state index contributed by atoms with van der Waals surface area (Å²) < 4.78 is 24.1. The Morgan fingerprint density at radius 2 is 1.84 bits per heavy atom. The predicted octanol–water partition coefficient (Wildman–Crippen LogP) is 6.27. The maximum absolute atomic E-state index is 13.0. The highest BCUT2D eigenvalue weighted by Gasteiger charge is 2.13. The lowest BCUT2D eigenvalue weighted by Gasteiger charge is -2.12. The summed E-state index contributed by atoms with van der Waals surface area (Å²) in [4.78, 5) is 12.5. The van der Waals surface area contributed by atoms with Crippen LogP contribution in [0.2, 0.25) is 10.0 Å². The number of hydrogen-bond acceptors (Lipinski definition) is 4. The molecule has 0 spiro atoms. The van der Waals surface area contributed by atoms with Crippen LogP contribution >= 0.6 is 23.2 Å². The first kappa shape index (κ1) is 23.1. The standard InChI is InChI=1S/C24H17Cl2FN2O3/c1-31-23-11-16(4-9-22(23)32-14-15-2-6-19(27)7-3-15)10-17(13-28)24(30)29-21-12-18(25)5-8-20(21)26/h2-12H,14H2,1H3,(H,29,30)/b17-10+. The van der Waals surface area contributed by atoms with Crippen molar-refractivity contribution in [3.8, 4) is 17.6 Å². The molecular weight excluding hydrogens is 454 g/mol. The van der Waals surface area contributed by atoms with Gasteiger partial charge in [0, 0.05) is 5.02 Å². The van der Waals surface area contributed by atoms with Gasteiger partial charge in [-0.3, -0.25) is 4.79 Å². The molecule has 32 heavy (non-hydrogen) atoms. The molecular formula is C24H17Cl2FN2O3. The summed E-state index contributed by atoms with van der Waals surface area (Å²) >= 11 is 12.0. The molecule has 0 radical (unpaired) electrons. The second-order valence-corrected chi connectivity index (χ2v) is 7.42. The summed E-state index contributed by atoms with van der Waals surface area (Å²) in [6.45, 7) is 0.220. The zero-order chi connectivity index (χ0) is 23.1. The number of halogens is 3. The second kappa shape index (κ2) is 10.7. The molecule has 3 rings (SSSR count). The van der Waals surface area contributed by atoms with Crippen LogP contribution < -0.4 is 14.8 Å². The van der Waals surface area contributed by atoms with Crippen LogP contribution in [0.4, 0.5) is 10.1 Å². The van der Waals surface area contributed by atoms with E-state index < -0.39 is 5.91 Å². The summed E-state index contributed by atoms with van der Waals surface area (Å²) in [6.07, 6.45) is 1.42. The summed E-state index contributed by atoms with van der Waals surface area (Å²) in [7, 11) is 1.48. The lowest BCUT2D eigenvalue weighted by Crippen LogP contribution is -2.13. The molecule has 0 fully saturated rings. The molecule has 0 aromatic heterocycles. The fourth-order valence-electron chi connectivity index (χ4n) is 2.73. The maximum Gasteiger partial charge on any atom is 0.266 e. The zero-order valence-electron chi connectivity index (χ0n) is 16.9. The quantitative estimate of drug-likeness (QED) is 0.326. The van der Waals surface area contributed by atoms with Crippen LogP contribution in [0.5, 0.6) is 11.5 Å². The number of nitrogens with one attached hydrogen (secondary N) is 1. The number of anilines is 1. The Balaban J connectivity index is 1.76. The minimum Gasteiger partial charge on any atom is -0.493 e. The van der Waals surface area contributed by atoms with Gasteiger partial charge in [0.1, 0.15) is 24.1 Å². The van der Waals surface area contributed by atoms with Crippen molar-refractivity contribution in [2.45, 2.75) is 6.61 Å². The fourth-order valence-corrected chi connectivity index (χ4v) is 3.07. The molecule has 1 amide bonds. The number of hydrogen-bond donors (Lipinski definition) is 1. The Kier molecular flexibility index (Phi) is 7.72. The van der Waals surface area contributed by atoms with Gasteiger partial charge in [-0.05, 0) is 59.7 Å². The largest absolute Gasteiger partial charge is 0.493 e. The van der Waals surface area contributed by atoms with Crippen molar-refractivity contribution < 1.29 is 18.7 Å². The molecule has 0 saturated heterocycles. The molecule has 0 aliphatic carbocycles. The van der Waals surface area contributed by atoms with Crippen LogP contribution in [0.25, 0.3) is 6.08 Å². The van der Waals surface area contributed by atoms with E-state index in [1.807, 2.05) is 6.07 Å². The molecule has 0 atom stereocenters. The van der Waals surface area contributed by atoms with Gasteiger partial charge in [0.2, 0.25) is 0 Å². The van der Waals surface area contributed by atoms with E-state index in [0.717, 1.165) is 5.56 Å². The van der Waals surface area contributed by atoms with Crippen molar-refractivity contribution >= 4 is 40.9 Å². The van der Waals surface area contributed by atoms with Crippen LogP contribution in [-0.4, -0.2) is 13.0 Å². The average molecular weight is 471 g/mol. The van der Waals surface area contributed by atoms with Crippen LogP contribution in [0.1, 0.15) is 11.1 Å². The van der Waals surface area contributed by atoms with Crippen molar-refractivity contribution in [3.05, 3.63) is 93.2 Å².